The third-order valence-electron chi connectivity index (χ3n) is 4.53. The maximum atomic E-state index is 13.1. The Bertz CT molecular complexity index is 1150. The Balaban J connectivity index is 1.60. The topological polar surface area (TPSA) is 58.6 Å². The molecule has 6 heteroatoms. The van der Waals surface area contributed by atoms with Crippen molar-refractivity contribution in [3.63, 3.8) is 0 Å². The van der Waals surface area contributed by atoms with E-state index in [1.165, 1.54) is 4.90 Å². The van der Waals surface area contributed by atoms with Gasteiger partial charge in [0.15, 0.2) is 5.11 Å². The number of anilines is 1. The monoisotopic (exact) mass is 414 g/mol. The fraction of sp³-hybridized carbons (Fsp3) is 0.0417. The van der Waals surface area contributed by atoms with Crippen LogP contribution in [0.1, 0.15) is 11.1 Å². The van der Waals surface area contributed by atoms with Crippen LogP contribution in [0.3, 0.4) is 0 Å². The van der Waals surface area contributed by atoms with E-state index in [4.69, 9.17) is 17.0 Å². The van der Waals surface area contributed by atoms with Crippen LogP contribution in [0.4, 0.5) is 5.69 Å². The SMILES string of the molecule is Cc1cccc(/C=C2\C(=O)NC(=S)N(c3ccc(Oc4ccccc4)cc3)C2=O)c1. The van der Waals surface area contributed by atoms with Crippen molar-refractivity contribution in [2.45, 2.75) is 6.92 Å². The average molecular weight is 414 g/mol. The number of thiocarbonyl (C=S) groups is 1. The van der Waals surface area contributed by atoms with E-state index in [1.54, 1.807) is 30.3 Å². The van der Waals surface area contributed by atoms with Crippen LogP contribution < -0.4 is 15.0 Å². The molecule has 1 aliphatic heterocycles. The van der Waals surface area contributed by atoms with E-state index in [2.05, 4.69) is 5.32 Å². The Hall–Kier alpha value is -3.77. The Morgan fingerprint density at radius 3 is 2.30 bits per heavy atom. The Kier molecular flexibility index (Phi) is 5.41. The maximum absolute atomic E-state index is 13.1. The lowest BCUT2D eigenvalue weighted by atomic mass is 10.1. The predicted octanol–water partition coefficient (Wildman–Crippen LogP) is 4.62. The minimum absolute atomic E-state index is 0.0267. The first-order chi connectivity index (χ1) is 14.5. The minimum Gasteiger partial charge on any atom is -0.457 e. The molecule has 2 amide bonds. The lowest BCUT2D eigenvalue weighted by molar-refractivity contribution is -0.122. The molecule has 3 aromatic rings. The zero-order valence-corrected chi connectivity index (χ0v) is 17.0. The van der Waals surface area contributed by atoms with E-state index in [0.717, 1.165) is 11.1 Å². The summed E-state index contributed by atoms with van der Waals surface area (Å²) in [6.45, 7) is 1.95. The molecule has 1 N–H and O–H groups in total. The van der Waals surface area contributed by atoms with Crippen molar-refractivity contribution in [3.8, 4) is 11.5 Å². The summed E-state index contributed by atoms with van der Waals surface area (Å²) in [5.41, 5.74) is 2.38. The number of hydrogen-bond acceptors (Lipinski definition) is 4. The first-order valence-electron chi connectivity index (χ1n) is 9.32. The molecule has 0 unspecified atom stereocenters. The summed E-state index contributed by atoms with van der Waals surface area (Å²) in [4.78, 5) is 26.8. The van der Waals surface area contributed by atoms with Crippen molar-refractivity contribution >= 4 is 40.9 Å². The number of carbonyl (C=O) groups excluding carboxylic acids is 2. The minimum atomic E-state index is -0.508. The lowest BCUT2D eigenvalue weighted by Crippen LogP contribution is -2.54. The average Bonchev–Trinajstić information content (AvgIpc) is 2.73. The van der Waals surface area contributed by atoms with E-state index >= 15 is 0 Å². The van der Waals surface area contributed by atoms with E-state index in [-0.39, 0.29) is 10.7 Å². The number of benzene rings is 3. The van der Waals surface area contributed by atoms with Gasteiger partial charge in [-0.3, -0.25) is 19.8 Å². The standard InChI is InChI=1S/C24H18N2O3S/c1-16-6-5-7-17(14-16)15-21-22(27)25-24(30)26(23(21)28)18-10-12-20(13-11-18)29-19-8-3-2-4-9-19/h2-15H,1H3,(H,25,27,30)/b21-15+. The Morgan fingerprint density at radius 1 is 0.900 bits per heavy atom. The van der Waals surface area contributed by atoms with Gasteiger partial charge < -0.3 is 4.74 Å². The molecular weight excluding hydrogens is 396 g/mol. The van der Waals surface area contributed by atoms with Crippen LogP contribution in [-0.2, 0) is 9.59 Å². The van der Waals surface area contributed by atoms with Gasteiger partial charge >= 0.3 is 0 Å². The highest BCUT2D eigenvalue weighted by molar-refractivity contribution is 7.80. The highest BCUT2D eigenvalue weighted by Gasteiger charge is 2.34. The van der Waals surface area contributed by atoms with Crippen LogP contribution >= 0.6 is 12.2 Å². The van der Waals surface area contributed by atoms with Gasteiger partial charge in [-0.05, 0) is 67.2 Å². The van der Waals surface area contributed by atoms with Gasteiger partial charge in [0.05, 0.1) is 5.69 Å². The van der Waals surface area contributed by atoms with Gasteiger partial charge in [0.25, 0.3) is 11.8 Å². The molecule has 1 saturated heterocycles. The molecule has 0 aliphatic carbocycles. The van der Waals surface area contributed by atoms with Gasteiger partial charge in [-0.1, -0.05) is 48.0 Å². The number of amides is 2. The van der Waals surface area contributed by atoms with Crippen LogP contribution in [0, 0.1) is 6.92 Å². The van der Waals surface area contributed by atoms with Crippen LogP contribution in [0.2, 0.25) is 0 Å². The molecule has 4 rings (SSSR count). The van der Waals surface area contributed by atoms with Crippen LogP contribution in [0.15, 0.2) is 84.4 Å². The molecule has 30 heavy (non-hydrogen) atoms. The molecular formula is C24H18N2O3S. The van der Waals surface area contributed by atoms with E-state index in [9.17, 15) is 9.59 Å². The quantitative estimate of drug-likeness (QED) is 0.385. The van der Waals surface area contributed by atoms with Gasteiger partial charge in [0.1, 0.15) is 17.1 Å². The zero-order valence-electron chi connectivity index (χ0n) is 16.2. The van der Waals surface area contributed by atoms with Crippen LogP contribution in [0.5, 0.6) is 11.5 Å². The van der Waals surface area contributed by atoms with E-state index in [1.807, 2.05) is 61.5 Å². The molecule has 5 nitrogen and oxygen atoms in total. The Labute approximate surface area is 179 Å². The predicted molar refractivity (Wildman–Crippen MR) is 120 cm³/mol. The smallest absolute Gasteiger partial charge is 0.270 e. The molecule has 0 saturated carbocycles. The molecule has 0 aromatic heterocycles. The van der Waals surface area contributed by atoms with Crippen molar-refractivity contribution < 1.29 is 14.3 Å². The largest absolute Gasteiger partial charge is 0.457 e. The normalized spacial score (nSPS) is 15.3. The molecule has 0 bridgehead atoms. The summed E-state index contributed by atoms with van der Waals surface area (Å²) >= 11 is 5.25. The van der Waals surface area contributed by atoms with Gasteiger partial charge in [-0.15, -0.1) is 0 Å². The number of nitrogens with zero attached hydrogens (tertiary/aromatic N) is 1. The molecule has 1 fully saturated rings. The fourth-order valence-corrected chi connectivity index (χ4v) is 3.39. The molecule has 1 heterocycles. The number of rotatable bonds is 4. The zero-order chi connectivity index (χ0) is 21.1. The molecule has 0 spiro atoms. The third kappa shape index (κ3) is 4.14. The second kappa shape index (κ2) is 8.31. The molecule has 1 aliphatic rings. The van der Waals surface area contributed by atoms with Crippen molar-refractivity contribution in [3.05, 3.63) is 95.6 Å². The first kappa shape index (κ1) is 19.5. The van der Waals surface area contributed by atoms with Gasteiger partial charge in [-0.25, -0.2) is 0 Å². The highest BCUT2D eigenvalue weighted by atomic mass is 32.1. The van der Waals surface area contributed by atoms with E-state index < -0.39 is 11.8 Å². The van der Waals surface area contributed by atoms with Gasteiger partial charge in [0, 0.05) is 0 Å². The summed E-state index contributed by atoms with van der Waals surface area (Å²) in [7, 11) is 0. The molecule has 0 atom stereocenters. The number of nitrogens with one attached hydrogen (secondary N) is 1. The van der Waals surface area contributed by atoms with Crippen molar-refractivity contribution in [1.29, 1.82) is 0 Å². The van der Waals surface area contributed by atoms with E-state index in [0.29, 0.717) is 17.2 Å². The Morgan fingerprint density at radius 2 is 1.60 bits per heavy atom. The van der Waals surface area contributed by atoms with Crippen molar-refractivity contribution in [1.82, 2.24) is 5.32 Å². The first-order valence-corrected chi connectivity index (χ1v) is 9.73. The third-order valence-corrected chi connectivity index (χ3v) is 4.81. The number of ether oxygens (including phenoxy) is 1. The van der Waals surface area contributed by atoms with Crippen molar-refractivity contribution in [2.75, 3.05) is 4.90 Å². The molecule has 0 radical (unpaired) electrons. The lowest BCUT2D eigenvalue weighted by Gasteiger charge is -2.29. The fourth-order valence-electron chi connectivity index (χ4n) is 3.11. The number of hydrogen-bond donors (Lipinski definition) is 1. The van der Waals surface area contributed by atoms with Gasteiger partial charge in [-0.2, -0.15) is 0 Å². The maximum Gasteiger partial charge on any atom is 0.270 e. The van der Waals surface area contributed by atoms with Crippen LogP contribution in [0.25, 0.3) is 6.08 Å². The summed E-state index contributed by atoms with van der Waals surface area (Å²) in [5.74, 6) is 0.360. The number of aryl methyl sites for hydroxylation is 1. The second-order valence-corrected chi connectivity index (χ2v) is 7.17. The summed E-state index contributed by atoms with van der Waals surface area (Å²) < 4.78 is 5.79. The summed E-state index contributed by atoms with van der Waals surface area (Å²) in [5, 5.41) is 2.64. The molecule has 3 aromatic carbocycles. The number of carbonyl (C=O) groups is 2. The van der Waals surface area contributed by atoms with Gasteiger partial charge in [0.2, 0.25) is 0 Å². The second-order valence-electron chi connectivity index (χ2n) is 6.78. The summed E-state index contributed by atoms with van der Waals surface area (Å²) in [6, 6.07) is 23.9. The highest BCUT2D eigenvalue weighted by Crippen LogP contribution is 2.27. The van der Waals surface area contributed by atoms with Crippen molar-refractivity contribution in [2.24, 2.45) is 0 Å². The van der Waals surface area contributed by atoms with Crippen LogP contribution in [-0.4, -0.2) is 16.9 Å². The summed E-state index contributed by atoms with van der Waals surface area (Å²) in [6.07, 6.45) is 1.58. The molecule has 148 valence electrons. The number of para-hydroxylation sites is 1.